The maximum absolute atomic E-state index is 12.2. The number of nitrogens with zero attached hydrogens (tertiary/aromatic N) is 2. The Morgan fingerprint density at radius 3 is 3.10 bits per heavy atom. The number of likely N-dealkylation sites (N-methyl/N-ethyl adjacent to an activating group) is 1. The summed E-state index contributed by atoms with van der Waals surface area (Å²) in [4.78, 5) is 28.3. The molecule has 2 aliphatic rings. The molecule has 2 saturated heterocycles. The number of morpholine rings is 1. The van der Waals surface area contributed by atoms with Crippen molar-refractivity contribution in [3.63, 3.8) is 0 Å². The minimum atomic E-state index is -0.386. The van der Waals surface area contributed by atoms with Gasteiger partial charge in [-0.25, -0.2) is 4.79 Å². The second-order valence-electron chi connectivity index (χ2n) is 5.63. The van der Waals surface area contributed by atoms with E-state index in [-0.39, 0.29) is 24.1 Å². The van der Waals surface area contributed by atoms with Gasteiger partial charge in [-0.3, -0.25) is 4.79 Å². The molecule has 0 radical (unpaired) electrons. The predicted molar refractivity (Wildman–Crippen MR) is 79.1 cm³/mol. The normalized spacial score (nSPS) is 25.7. The van der Waals surface area contributed by atoms with E-state index in [4.69, 9.17) is 4.74 Å². The Morgan fingerprint density at radius 1 is 1.52 bits per heavy atom. The Kier molecular flexibility index (Phi) is 3.86. The molecular weight excluding hydrogens is 290 g/mol. The Balaban J connectivity index is 1.54. The Hall–Kier alpha value is -1.60. The molecular formula is C14H19N3O3S. The molecule has 21 heavy (non-hydrogen) atoms. The highest BCUT2D eigenvalue weighted by atomic mass is 32.1. The summed E-state index contributed by atoms with van der Waals surface area (Å²) in [5, 5.41) is 4.93. The summed E-state index contributed by atoms with van der Waals surface area (Å²) in [6.07, 6.45) is 0.775. The summed E-state index contributed by atoms with van der Waals surface area (Å²) < 4.78 is 5.73. The summed E-state index contributed by atoms with van der Waals surface area (Å²) in [6.45, 7) is 2.43. The molecule has 0 bridgehead atoms. The molecule has 7 heteroatoms. The number of amides is 3. The van der Waals surface area contributed by atoms with Crippen LogP contribution in [0.4, 0.5) is 4.79 Å². The maximum atomic E-state index is 12.2. The fraction of sp³-hybridized carbons (Fsp3) is 0.571. The van der Waals surface area contributed by atoms with Gasteiger partial charge in [-0.2, -0.15) is 0 Å². The SMILES string of the molecule is CN1CC2(CCN(C(=O)NCc3cccs3)C2)OCC1=O. The van der Waals surface area contributed by atoms with Crippen molar-refractivity contribution in [2.24, 2.45) is 0 Å². The van der Waals surface area contributed by atoms with Gasteiger partial charge in [-0.1, -0.05) is 6.07 Å². The van der Waals surface area contributed by atoms with E-state index in [1.807, 2.05) is 17.5 Å². The number of rotatable bonds is 2. The van der Waals surface area contributed by atoms with Gasteiger partial charge in [0.1, 0.15) is 12.2 Å². The van der Waals surface area contributed by atoms with Crippen LogP contribution in [0, 0.1) is 0 Å². The summed E-state index contributed by atoms with van der Waals surface area (Å²) >= 11 is 1.63. The highest BCUT2D eigenvalue weighted by molar-refractivity contribution is 7.09. The van der Waals surface area contributed by atoms with Crippen LogP contribution in [-0.4, -0.2) is 60.6 Å². The number of hydrogen-bond donors (Lipinski definition) is 1. The van der Waals surface area contributed by atoms with E-state index in [0.717, 1.165) is 11.3 Å². The largest absolute Gasteiger partial charge is 0.361 e. The monoisotopic (exact) mass is 309 g/mol. The molecule has 1 unspecified atom stereocenters. The van der Waals surface area contributed by atoms with Crippen molar-refractivity contribution in [2.75, 3.05) is 33.3 Å². The van der Waals surface area contributed by atoms with Gasteiger partial charge in [-0.05, 0) is 17.9 Å². The lowest BCUT2D eigenvalue weighted by molar-refractivity contribution is -0.158. The van der Waals surface area contributed by atoms with Gasteiger partial charge in [0.05, 0.1) is 19.6 Å². The molecule has 1 atom stereocenters. The lowest BCUT2D eigenvalue weighted by Crippen LogP contribution is -2.55. The highest BCUT2D eigenvalue weighted by Crippen LogP contribution is 2.29. The van der Waals surface area contributed by atoms with Gasteiger partial charge in [0, 0.05) is 18.5 Å². The topological polar surface area (TPSA) is 61.9 Å². The van der Waals surface area contributed by atoms with E-state index < -0.39 is 0 Å². The van der Waals surface area contributed by atoms with E-state index >= 15 is 0 Å². The summed E-state index contributed by atoms with van der Waals surface area (Å²) in [5.74, 6) is 0.00113. The molecule has 114 valence electrons. The number of urea groups is 1. The third-order valence-corrected chi connectivity index (χ3v) is 4.93. The quantitative estimate of drug-likeness (QED) is 0.882. The van der Waals surface area contributed by atoms with Gasteiger partial charge in [0.25, 0.3) is 0 Å². The predicted octanol–water partition coefficient (Wildman–Crippen LogP) is 0.891. The van der Waals surface area contributed by atoms with Crippen LogP contribution in [0.1, 0.15) is 11.3 Å². The number of ether oxygens (including phenoxy) is 1. The first kappa shape index (κ1) is 14.3. The minimum Gasteiger partial charge on any atom is -0.361 e. The van der Waals surface area contributed by atoms with Crippen LogP contribution < -0.4 is 5.32 Å². The van der Waals surface area contributed by atoms with Gasteiger partial charge in [0.2, 0.25) is 5.91 Å². The maximum Gasteiger partial charge on any atom is 0.317 e. The molecule has 3 rings (SSSR count). The molecule has 1 aromatic rings. The van der Waals surface area contributed by atoms with E-state index in [1.165, 1.54) is 0 Å². The molecule has 0 saturated carbocycles. The molecule has 0 aliphatic carbocycles. The van der Waals surface area contributed by atoms with Crippen LogP contribution in [0.2, 0.25) is 0 Å². The number of nitrogens with one attached hydrogen (secondary N) is 1. The zero-order valence-corrected chi connectivity index (χ0v) is 12.8. The van der Waals surface area contributed by atoms with Crippen LogP contribution in [-0.2, 0) is 16.1 Å². The van der Waals surface area contributed by atoms with E-state index in [0.29, 0.717) is 26.2 Å². The number of hydrogen-bond acceptors (Lipinski definition) is 4. The first-order valence-electron chi connectivity index (χ1n) is 7.01. The minimum absolute atomic E-state index is 0.00113. The second kappa shape index (κ2) is 5.65. The zero-order valence-electron chi connectivity index (χ0n) is 12.0. The van der Waals surface area contributed by atoms with Crippen LogP contribution in [0.5, 0.6) is 0 Å². The molecule has 2 fully saturated rings. The van der Waals surface area contributed by atoms with Gasteiger partial charge >= 0.3 is 6.03 Å². The van der Waals surface area contributed by atoms with Crippen LogP contribution in [0.25, 0.3) is 0 Å². The van der Waals surface area contributed by atoms with Crippen molar-refractivity contribution in [3.8, 4) is 0 Å². The fourth-order valence-electron chi connectivity index (χ4n) is 2.84. The molecule has 1 spiro atoms. The van der Waals surface area contributed by atoms with Crippen molar-refractivity contribution in [1.82, 2.24) is 15.1 Å². The molecule has 2 aliphatic heterocycles. The summed E-state index contributed by atoms with van der Waals surface area (Å²) in [5.41, 5.74) is -0.386. The van der Waals surface area contributed by atoms with E-state index in [9.17, 15) is 9.59 Å². The number of likely N-dealkylation sites (tertiary alicyclic amines) is 1. The van der Waals surface area contributed by atoms with E-state index in [1.54, 1.807) is 28.2 Å². The van der Waals surface area contributed by atoms with Gasteiger partial charge in [-0.15, -0.1) is 11.3 Å². The standard InChI is InChI=1S/C14H19N3O3S/c1-16-9-14(20-8-12(16)18)4-5-17(10-14)13(19)15-7-11-3-2-6-21-11/h2-3,6H,4-5,7-10H2,1H3,(H,15,19). The van der Waals surface area contributed by atoms with Gasteiger partial charge in [0.15, 0.2) is 0 Å². The highest BCUT2D eigenvalue weighted by Gasteiger charge is 2.45. The van der Waals surface area contributed by atoms with E-state index in [2.05, 4.69) is 5.32 Å². The smallest absolute Gasteiger partial charge is 0.317 e. The van der Waals surface area contributed by atoms with Crippen molar-refractivity contribution in [2.45, 2.75) is 18.6 Å². The van der Waals surface area contributed by atoms with Crippen LogP contribution in [0.15, 0.2) is 17.5 Å². The van der Waals surface area contributed by atoms with Crippen LogP contribution in [0.3, 0.4) is 0 Å². The van der Waals surface area contributed by atoms with Gasteiger partial charge < -0.3 is 19.9 Å². The average Bonchev–Trinajstić information content (AvgIpc) is 3.11. The third-order valence-electron chi connectivity index (χ3n) is 4.05. The zero-order chi connectivity index (χ0) is 14.9. The molecule has 3 heterocycles. The van der Waals surface area contributed by atoms with Crippen molar-refractivity contribution >= 4 is 23.3 Å². The number of carbonyl (C=O) groups excluding carboxylic acids is 2. The van der Waals surface area contributed by atoms with Crippen molar-refractivity contribution < 1.29 is 14.3 Å². The lowest BCUT2D eigenvalue weighted by Gasteiger charge is -2.38. The Morgan fingerprint density at radius 2 is 2.38 bits per heavy atom. The van der Waals surface area contributed by atoms with Crippen LogP contribution >= 0.6 is 11.3 Å². The number of thiophene rings is 1. The summed E-state index contributed by atoms with van der Waals surface area (Å²) in [6, 6.07) is 3.91. The van der Waals surface area contributed by atoms with Crippen molar-refractivity contribution in [1.29, 1.82) is 0 Å². The Labute approximate surface area is 127 Å². The molecule has 1 N–H and O–H groups in total. The first-order chi connectivity index (χ1) is 10.1. The number of carbonyl (C=O) groups is 2. The summed E-state index contributed by atoms with van der Waals surface area (Å²) in [7, 11) is 1.78. The third kappa shape index (κ3) is 3.03. The Bertz CT molecular complexity index is 534. The molecule has 3 amide bonds. The van der Waals surface area contributed by atoms with Crippen molar-refractivity contribution in [3.05, 3.63) is 22.4 Å². The average molecular weight is 309 g/mol. The molecule has 0 aromatic carbocycles. The fourth-order valence-corrected chi connectivity index (χ4v) is 3.49. The lowest BCUT2D eigenvalue weighted by atomic mass is 10.0. The second-order valence-corrected chi connectivity index (χ2v) is 6.66. The molecule has 1 aromatic heterocycles. The molecule has 6 nitrogen and oxygen atoms in total. The first-order valence-corrected chi connectivity index (χ1v) is 7.89.